The van der Waals surface area contributed by atoms with Crippen LogP contribution in [-0.4, -0.2) is 25.2 Å². The zero-order chi connectivity index (χ0) is 15.2. The maximum Gasteiger partial charge on any atom is 0.212 e. The Hall–Kier alpha value is -2.01. The highest BCUT2D eigenvalue weighted by atomic mass is 19.1. The van der Waals surface area contributed by atoms with Crippen LogP contribution < -0.4 is 10.1 Å². The van der Waals surface area contributed by atoms with Crippen molar-refractivity contribution in [2.24, 2.45) is 0 Å². The molecule has 0 saturated carbocycles. The number of hydrogen-bond donors (Lipinski definition) is 1. The second-order valence-corrected chi connectivity index (χ2v) is 4.88. The van der Waals surface area contributed by atoms with Gasteiger partial charge in [0.05, 0.1) is 7.11 Å². The van der Waals surface area contributed by atoms with Gasteiger partial charge in [-0.05, 0) is 43.1 Å². The van der Waals surface area contributed by atoms with Crippen LogP contribution in [0.1, 0.15) is 11.1 Å². The smallest absolute Gasteiger partial charge is 0.212 e. The number of aromatic nitrogens is 1. The van der Waals surface area contributed by atoms with Gasteiger partial charge >= 0.3 is 0 Å². The minimum absolute atomic E-state index is 0.0707. The molecule has 2 rings (SSSR count). The summed E-state index contributed by atoms with van der Waals surface area (Å²) < 4.78 is 31.4. The van der Waals surface area contributed by atoms with Crippen LogP contribution in [0.4, 0.5) is 8.78 Å². The van der Waals surface area contributed by atoms with Crippen molar-refractivity contribution < 1.29 is 13.5 Å². The summed E-state index contributed by atoms with van der Waals surface area (Å²) in [6.45, 7) is 0. The second-order valence-electron chi connectivity index (χ2n) is 4.88. The van der Waals surface area contributed by atoms with Crippen molar-refractivity contribution in [3.05, 3.63) is 59.3 Å². The predicted molar refractivity (Wildman–Crippen MR) is 77.4 cm³/mol. The molecule has 0 fully saturated rings. The third-order valence-electron chi connectivity index (χ3n) is 3.30. The van der Waals surface area contributed by atoms with E-state index in [4.69, 9.17) is 4.74 Å². The topological polar surface area (TPSA) is 34.1 Å². The Balaban J connectivity index is 2.05. The lowest BCUT2D eigenvalue weighted by Gasteiger charge is -2.16. The Kier molecular flexibility index (Phi) is 5.22. The number of pyridine rings is 1. The molecule has 0 aliphatic rings. The van der Waals surface area contributed by atoms with Gasteiger partial charge in [-0.25, -0.2) is 13.8 Å². The molecule has 2 aromatic rings. The Bertz CT molecular complexity index is 567. The van der Waals surface area contributed by atoms with Gasteiger partial charge in [-0.2, -0.15) is 0 Å². The molecule has 3 nitrogen and oxygen atoms in total. The van der Waals surface area contributed by atoms with E-state index in [1.807, 2.05) is 13.1 Å². The van der Waals surface area contributed by atoms with E-state index in [1.54, 1.807) is 19.4 Å². The van der Waals surface area contributed by atoms with Crippen molar-refractivity contribution in [1.82, 2.24) is 10.3 Å². The first-order valence-electron chi connectivity index (χ1n) is 6.72. The van der Waals surface area contributed by atoms with Gasteiger partial charge < -0.3 is 10.1 Å². The van der Waals surface area contributed by atoms with Gasteiger partial charge in [-0.1, -0.05) is 6.07 Å². The summed E-state index contributed by atoms with van der Waals surface area (Å²) in [5.41, 5.74) is 1.67. The molecule has 0 bridgehead atoms. The molecule has 0 aliphatic carbocycles. The Morgan fingerprint density at radius 1 is 1.10 bits per heavy atom. The third kappa shape index (κ3) is 4.49. The molecule has 0 radical (unpaired) electrons. The van der Waals surface area contributed by atoms with E-state index in [0.717, 1.165) is 11.6 Å². The zero-order valence-corrected chi connectivity index (χ0v) is 12.1. The lowest BCUT2D eigenvalue weighted by molar-refractivity contribution is 0.397. The van der Waals surface area contributed by atoms with Gasteiger partial charge in [0.2, 0.25) is 5.88 Å². The zero-order valence-electron chi connectivity index (χ0n) is 12.1. The summed E-state index contributed by atoms with van der Waals surface area (Å²) in [5, 5.41) is 3.16. The molecule has 21 heavy (non-hydrogen) atoms. The normalized spacial score (nSPS) is 12.2. The highest BCUT2D eigenvalue weighted by molar-refractivity contribution is 5.22. The average Bonchev–Trinajstić information content (AvgIpc) is 2.46. The average molecular weight is 292 g/mol. The number of halogens is 2. The minimum atomic E-state index is -0.550. The molecule has 1 unspecified atom stereocenters. The Labute approximate surface area is 123 Å². The van der Waals surface area contributed by atoms with Crippen molar-refractivity contribution in [3.63, 3.8) is 0 Å². The maximum atomic E-state index is 13.2. The SMILES string of the molecule is CNC(Cc1ccc(OC)nc1)Cc1cc(F)cc(F)c1. The molecule has 0 aliphatic heterocycles. The molecule has 112 valence electrons. The van der Waals surface area contributed by atoms with E-state index in [0.29, 0.717) is 24.3 Å². The fraction of sp³-hybridized carbons (Fsp3) is 0.312. The standard InChI is InChI=1S/C16H18F2N2O/c1-19-15(7-11-3-4-16(21-2)20-10-11)8-12-5-13(17)9-14(18)6-12/h3-6,9-10,15,19H,7-8H2,1-2H3. The van der Waals surface area contributed by atoms with E-state index in [2.05, 4.69) is 10.3 Å². The predicted octanol–water partition coefficient (Wildman–Crippen LogP) is 2.74. The van der Waals surface area contributed by atoms with E-state index in [9.17, 15) is 8.78 Å². The van der Waals surface area contributed by atoms with Crippen LogP contribution in [0.5, 0.6) is 5.88 Å². The minimum Gasteiger partial charge on any atom is -0.481 e. The van der Waals surface area contributed by atoms with Crippen LogP contribution in [-0.2, 0) is 12.8 Å². The number of rotatable bonds is 6. The molecule has 5 heteroatoms. The van der Waals surface area contributed by atoms with Crippen molar-refractivity contribution >= 4 is 0 Å². The van der Waals surface area contributed by atoms with Crippen molar-refractivity contribution in [2.75, 3.05) is 14.2 Å². The highest BCUT2D eigenvalue weighted by Crippen LogP contribution is 2.13. The van der Waals surface area contributed by atoms with Crippen LogP contribution in [0.3, 0.4) is 0 Å². The van der Waals surface area contributed by atoms with Crippen LogP contribution in [0.25, 0.3) is 0 Å². The molecule has 1 aromatic heterocycles. The Morgan fingerprint density at radius 2 is 1.76 bits per heavy atom. The molecule has 1 atom stereocenters. The van der Waals surface area contributed by atoms with Gasteiger partial charge in [0.15, 0.2) is 0 Å². The van der Waals surface area contributed by atoms with Crippen molar-refractivity contribution in [1.29, 1.82) is 0 Å². The van der Waals surface area contributed by atoms with Crippen LogP contribution in [0.15, 0.2) is 36.5 Å². The highest BCUT2D eigenvalue weighted by Gasteiger charge is 2.11. The molecule has 0 saturated heterocycles. The molecule has 1 heterocycles. The third-order valence-corrected chi connectivity index (χ3v) is 3.30. The lowest BCUT2D eigenvalue weighted by atomic mass is 10.00. The summed E-state index contributed by atoms with van der Waals surface area (Å²) in [5.74, 6) is -0.538. The van der Waals surface area contributed by atoms with Gasteiger partial charge in [0.1, 0.15) is 11.6 Å². The molecule has 0 spiro atoms. The van der Waals surface area contributed by atoms with Crippen LogP contribution >= 0.6 is 0 Å². The van der Waals surface area contributed by atoms with E-state index < -0.39 is 11.6 Å². The largest absolute Gasteiger partial charge is 0.481 e. The molecule has 1 aromatic carbocycles. The molecular formula is C16H18F2N2O. The summed E-state index contributed by atoms with van der Waals surface area (Å²) in [6.07, 6.45) is 3.00. The maximum absolute atomic E-state index is 13.2. The molecular weight excluding hydrogens is 274 g/mol. The van der Waals surface area contributed by atoms with E-state index in [-0.39, 0.29) is 6.04 Å². The summed E-state index contributed by atoms with van der Waals surface area (Å²) in [7, 11) is 3.40. The van der Waals surface area contributed by atoms with E-state index in [1.165, 1.54) is 12.1 Å². The van der Waals surface area contributed by atoms with Crippen molar-refractivity contribution in [3.8, 4) is 5.88 Å². The molecule has 0 amide bonds. The number of hydrogen-bond acceptors (Lipinski definition) is 3. The van der Waals surface area contributed by atoms with Crippen molar-refractivity contribution in [2.45, 2.75) is 18.9 Å². The number of benzene rings is 1. The van der Waals surface area contributed by atoms with Gasteiger partial charge in [0.25, 0.3) is 0 Å². The summed E-state index contributed by atoms with van der Waals surface area (Å²) in [6, 6.07) is 7.40. The second kappa shape index (κ2) is 7.13. The summed E-state index contributed by atoms with van der Waals surface area (Å²) in [4.78, 5) is 4.15. The number of nitrogens with one attached hydrogen (secondary N) is 1. The quantitative estimate of drug-likeness (QED) is 0.889. The van der Waals surface area contributed by atoms with Crippen LogP contribution in [0, 0.1) is 11.6 Å². The number of ether oxygens (including phenoxy) is 1. The molecule has 1 N–H and O–H groups in total. The number of methoxy groups -OCH3 is 1. The van der Waals surface area contributed by atoms with Gasteiger partial charge in [0, 0.05) is 24.4 Å². The van der Waals surface area contributed by atoms with E-state index >= 15 is 0 Å². The fourth-order valence-corrected chi connectivity index (χ4v) is 2.23. The number of likely N-dealkylation sites (N-methyl/N-ethyl adjacent to an activating group) is 1. The van der Waals surface area contributed by atoms with Gasteiger partial charge in [-0.3, -0.25) is 0 Å². The monoisotopic (exact) mass is 292 g/mol. The first-order valence-corrected chi connectivity index (χ1v) is 6.72. The van der Waals surface area contributed by atoms with Crippen LogP contribution in [0.2, 0.25) is 0 Å². The number of nitrogens with zero attached hydrogens (tertiary/aromatic N) is 1. The fourth-order valence-electron chi connectivity index (χ4n) is 2.23. The first kappa shape index (κ1) is 15.4. The summed E-state index contributed by atoms with van der Waals surface area (Å²) >= 11 is 0. The first-order chi connectivity index (χ1) is 10.1. The van der Waals surface area contributed by atoms with Gasteiger partial charge in [-0.15, -0.1) is 0 Å². The lowest BCUT2D eigenvalue weighted by Crippen LogP contribution is -2.30. The Morgan fingerprint density at radius 3 is 2.29 bits per heavy atom.